The van der Waals surface area contributed by atoms with Crippen LogP contribution in [0.25, 0.3) is 22.1 Å². The normalized spacial score (nSPS) is 11.5. The average molecular weight is 550 g/mol. The maximum atomic E-state index is 3.63. The summed E-state index contributed by atoms with van der Waals surface area (Å²) < 4.78 is 9.13. The molecule has 0 aliphatic carbocycles. The van der Waals surface area contributed by atoms with Crippen LogP contribution in [0.15, 0.2) is 109 Å². The van der Waals surface area contributed by atoms with Crippen molar-refractivity contribution in [2.24, 2.45) is 0 Å². The molecule has 6 rings (SSSR count). The molecule has 0 aliphatic rings. The topological polar surface area (TPSA) is 17.6 Å². The van der Waals surface area contributed by atoms with E-state index in [4.69, 9.17) is 0 Å². The fraction of sp³-hybridized carbons (Fsp3) is 0.188. The van der Waals surface area contributed by atoms with Gasteiger partial charge in [-0.1, -0.05) is 0 Å². The van der Waals surface area contributed by atoms with E-state index in [0.717, 1.165) is 26.2 Å². The van der Waals surface area contributed by atoms with Crippen LogP contribution in [-0.2, 0) is 26.2 Å². The number of aryl methyl sites for hydroxylation is 2. The van der Waals surface area contributed by atoms with Gasteiger partial charge in [0.1, 0.15) is 0 Å². The summed E-state index contributed by atoms with van der Waals surface area (Å²) in [5, 5.41) is 2.38. The van der Waals surface area contributed by atoms with Crippen molar-refractivity contribution in [3.63, 3.8) is 0 Å². The molecule has 2 aromatic heterocycles. The summed E-state index contributed by atoms with van der Waals surface area (Å²) in [4.78, 5) is 0. The van der Waals surface area contributed by atoms with Gasteiger partial charge in [0.25, 0.3) is 0 Å². The van der Waals surface area contributed by atoms with Gasteiger partial charge in [0, 0.05) is 0 Å². The Hall–Kier alpha value is -3.66. The molecule has 0 radical (unpaired) electrons. The third-order valence-electron chi connectivity index (χ3n) is 6.69. The molecule has 0 saturated heterocycles. The quantitative estimate of drug-likeness (QED) is 0.0979. The van der Waals surface area contributed by atoms with Gasteiger partial charge in [-0.3, -0.25) is 0 Å². The SMILES string of the molecule is [c-]1n(Cc2ccccc2)c2ccccc2[n+]1CC[Se]CC[n+]1[c-]n(Cc2ccccc2)c2ccccc21. The summed E-state index contributed by atoms with van der Waals surface area (Å²) >= 11 is 0.549. The van der Waals surface area contributed by atoms with Crippen molar-refractivity contribution in [2.75, 3.05) is 0 Å². The zero-order valence-corrected chi connectivity index (χ0v) is 22.5. The van der Waals surface area contributed by atoms with Crippen LogP contribution in [0.2, 0.25) is 10.6 Å². The van der Waals surface area contributed by atoms with Crippen molar-refractivity contribution in [2.45, 2.75) is 36.8 Å². The minimum absolute atomic E-state index is 0.549. The van der Waals surface area contributed by atoms with Gasteiger partial charge >= 0.3 is 225 Å². The van der Waals surface area contributed by atoms with E-state index < -0.39 is 0 Å². The molecule has 0 aliphatic heterocycles. The predicted octanol–water partition coefficient (Wildman–Crippen LogP) is 5.11. The van der Waals surface area contributed by atoms with Crippen LogP contribution in [0, 0.1) is 12.7 Å². The standard InChI is InChI=1S/C32H30N4Se/c1-3-11-27(12-4-1)23-35-25-33(29-15-7-9-17-31(29)35)19-21-37-22-20-34-26-36(24-28-13-5-2-6-14-28)32-18-10-8-16-30(32)34/h1-18H,19-24H2. The van der Waals surface area contributed by atoms with Crippen molar-refractivity contribution in [3.05, 3.63) is 133 Å². The first-order valence-corrected chi connectivity index (χ1v) is 15.2. The molecule has 37 heavy (non-hydrogen) atoms. The Balaban J connectivity index is 1.10. The molecular weight excluding hydrogens is 519 g/mol. The Morgan fingerprint density at radius 3 is 1.38 bits per heavy atom. The second kappa shape index (κ2) is 11.2. The van der Waals surface area contributed by atoms with Crippen molar-refractivity contribution in [1.82, 2.24) is 9.13 Å². The molecule has 0 amide bonds. The van der Waals surface area contributed by atoms with E-state index in [1.165, 1.54) is 43.8 Å². The molecule has 6 aromatic rings. The summed E-state index contributed by atoms with van der Waals surface area (Å²) in [5.41, 5.74) is 7.62. The third kappa shape index (κ3) is 5.39. The number of imidazole rings is 2. The van der Waals surface area contributed by atoms with Crippen LogP contribution in [-0.4, -0.2) is 24.1 Å². The van der Waals surface area contributed by atoms with Crippen LogP contribution in [0.5, 0.6) is 0 Å². The molecular formula is C32H30N4Se. The summed E-state index contributed by atoms with van der Waals surface area (Å²) in [6.45, 7) is 3.71. The van der Waals surface area contributed by atoms with Gasteiger partial charge in [-0.05, 0) is 0 Å². The van der Waals surface area contributed by atoms with Crippen LogP contribution in [0.1, 0.15) is 11.1 Å². The maximum absolute atomic E-state index is 3.63. The van der Waals surface area contributed by atoms with Gasteiger partial charge in [0.2, 0.25) is 0 Å². The fourth-order valence-corrected chi connectivity index (χ4v) is 6.61. The summed E-state index contributed by atoms with van der Waals surface area (Å²) in [6, 6.07) is 38.6. The zero-order valence-electron chi connectivity index (χ0n) is 20.8. The molecule has 184 valence electrons. The second-order valence-corrected chi connectivity index (χ2v) is 11.8. The molecule has 4 nitrogen and oxygen atoms in total. The number of hydrogen-bond acceptors (Lipinski definition) is 0. The predicted molar refractivity (Wildman–Crippen MR) is 148 cm³/mol. The van der Waals surface area contributed by atoms with Crippen molar-refractivity contribution in [3.8, 4) is 0 Å². The minimum atomic E-state index is 0.549. The first-order valence-electron chi connectivity index (χ1n) is 12.8. The van der Waals surface area contributed by atoms with E-state index in [9.17, 15) is 0 Å². The monoisotopic (exact) mass is 550 g/mol. The third-order valence-corrected chi connectivity index (χ3v) is 8.67. The van der Waals surface area contributed by atoms with Gasteiger partial charge in [-0.2, -0.15) is 0 Å². The number of hydrogen-bond donors (Lipinski definition) is 0. The number of rotatable bonds is 10. The first kappa shape index (κ1) is 23.7. The number of aromatic nitrogens is 4. The summed E-state index contributed by atoms with van der Waals surface area (Å²) in [7, 11) is 0. The van der Waals surface area contributed by atoms with E-state index in [1.807, 2.05) is 0 Å². The molecule has 4 aromatic carbocycles. The van der Waals surface area contributed by atoms with E-state index in [-0.39, 0.29) is 0 Å². The average Bonchev–Trinajstić information content (AvgIpc) is 3.48. The number of benzene rings is 4. The van der Waals surface area contributed by atoms with Gasteiger partial charge in [-0.25, -0.2) is 0 Å². The number of fused-ring (bicyclic) bond motifs is 2. The van der Waals surface area contributed by atoms with Gasteiger partial charge in [0.15, 0.2) is 0 Å². The van der Waals surface area contributed by atoms with E-state index >= 15 is 0 Å². The van der Waals surface area contributed by atoms with Crippen molar-refractivity contribution < 1.29 is 9.13 Å². The Morgan fingerprint density at radius 2 is 0.919 bits per heavy atom. The van der Waals surface area contributed by atoms with Crippen LogP contribution < -0.4 is 9.13 Å². The van der Waals surface area contributed by atoms with Gasteiger partial charge in [-0.15, -0.1) is 0 Å². The molecule has 0 N–H and O–H groups in total. The molecule has 0 spiro atoms. The van der Waals surface area contributed by atoms with Crippen LogP contribution in [0.3, 0.4) is 0 Å². The molecule has 0 fully saturated rings. The number of nitrogens with zero attached hydrogens (tertiary/aromatic N) is 4. The first-order chi connectivity index (χ1) is 18.3. The van der Waals surface area contributed by atoms with Gasteiger partial charge in [0.05, 0.1) is 0 Å². The van der Waals surface area contributed by atoms with Gasteiger partial charge < -0.3 is 0 Å². The second-order valence-electron chi connectivity index (χ2n) is 9.24. The molecule has 0 unspecified atom stereocenters. The summed E-state index contributed by atoms with van der Waals surface area (Å²) in [6.07, 6.45) is 7.25. The van der Waals surface area contributed by atoms with E-state index in [1.54, 1.807) is 0 Å². The fourth-order valence-electron chi connectivity index (χ4n) is 4.88. The van der Waals surface area contributed by atoms with E-state index in [2.05, 4.69) is 140 Å². The molecule has 0 bridgehead atoms. The zero-order chi connectivity index (χ0) is 24.9. The van der Waals surface area contributed by atoms with E-state index in [0.29, 0.717) is 15.0 Å². The Kier molecular flexibility index (Phi) is 7.16. The molecule has 0 saturated carbocycles. The Labute approximate surface area is 224 Å². The number of para-hydroxylation sites is 4. The van der Waals surface area contributed by atoms with Crippen LogP contribution >= 0.6 is 0 Å². The molecule has 2 heterocycles. The van der Waals surface area contributed by atoms with Crippen LogP contribution in [0.4, 0.5) is 0 Å². The summed E-state index contributed by atoms with van der Waals surface area (Å²) in [5.74, 6) is 0. The Morgan fingerprint density at radius 1 is 0.514 bits per heavy atom. The molecule has 0 atom stereocenters. The van der Waals surface area contributed by atoms with Crippen molar-refractivity contribution >= 4 is 37.0 Å². The molecule has 5 heteroatoms. The Bertz CT molecular complexity index is 1480. The van der Waals surface area contributed by atoms with Crippen molar-refractivity contribution in [1.29, 1.82) is 0 Å².